The fraction of sp³-hybridized carbons (Fsp3) is 0.385. The molecule has 0 amide bonds. The molecule has 0 aliphatic rings. The molecule has 2 atom stereocenters. The zero-order valence-corrected chi connectivity index (χ0v) is 31.2. The number of hydrogen-bond acceptors (Lipinski definition) is 3. The van der Waals surface area contributed by atoms with E-state index in [0.717, 1.165) is 27.8 Å². The van der Waals surface area contributed by atoms with Crippen molar-refractivity contribution < 1.29 is 27.9 Å². The molecule has 0 heterocycles. The van der Waals surface area contributed by atoms with Gasteiger partial charge >= 0.3 is 0 Å². The van der Waals surface area contributed by atoms with Gasteiger partial charge in [-0.25, -0.2) is 13.1 Å². The Morgan fingerprint density at radius 2 is 0.933 bits per heavy atom. The predicted molar refractivity (Wildman–Crippen MR) is 187 cm³/mol. The van der Waals surface area contributed by atoms with Crippen LogP contribution in [-0.4, -0.2) is 8.42 Å². The minimum absolute atomic E-state index is 0. The molecule has 0 radical (unpaired) electrons. The molecule has 6 heteroatoms. The third-order valence-corrected chi connectivity index (χ3v) is 10.0. The molecule has 0 spiro atoms. The van der Waals surface area contributed by atoms with Gasteiger partial charge in [0, 0.05) is 19.5 Å². The van der Waals surface area contributed by atoms with E-state index in [4.69, 9.17) is 5.73 Å². The van der Waals surface area contributed by atoms with Crippen LogP contribution in [0.25, 0.3) is 0 Å². The van der Waals surface area contributed by atoms with E-state index >= 15 is 0 Å². The van der Waals surface area contributed by atoms with Crippen molar-refractivity contribution in [3.63, 3.8) is 0 Å². The van der Waals surface area contributed by atoms with Crippen LogP contribution in [0.4, 0.5) is 0 Å². The summed E-state index contributed by atoms with van der Waals surface area (Å²) in [6.07, 6.45) is 0. The average Bonchev–Trinajstić information content (AvgIpc) is 2.99. The van der Waals surface area contributed by atoms with E-state index < -0.39 is 22.1 Å². The quantitative estimate of drug-likeness (QED) is 0.170. The SMILES string of the molecule is CC(C)c1cc(C(C)C)c(S(=O)(=O)N[C@@H](c2ccccc2)[C@@H](N)c2ccccc2)c(C(C)C)c1.Cc1cc(C)c(C)cc1C.[Ru]. The first-order valence-corrected chi connectivity index (χ1v) is 17.2. The molecular weight excluding hydrogens is 662 g/mol. The maximum absolute atomic E-state index is 14.1. The van der Waals surface area contributed by atoms with E-state index in [-0.39, 0.29) is 31.3 Å². The Morgan fingerprint density at radius 3 is 1.29 bits per heavy atom. The topological polar surface area (TPSA) is 72.2 Å². The first-order valence-electron chi connectivity index (χ1n) is 15.7. The normalized spacial score (nSPS) is 12.8. The van der Waals surface area contributed by atoms with Gasteiger partial charge in [0.25, 0.3) is 0 Å². The third-order valence-electron chi connectivity index (χ3n) is 8.44. The minimum Gasteiger partial charge on any atom is -0.322 e. The second kappa shape index (κ2) is 16.8. The number of nitrogens with two attached hydrogens (primary N) is 1. The zero-order valence-electron chi connectivity index (χ0n) is 28.6. The molecule has 0 saturated carbocycles. The standard InChI is InChI=1S/C29H38N2O2S.C10H14.Ru/c1-19(2)24-17-25(20(3)4)29(26(18-24)21(5)6)34(32,33)31-28(23-15-11-8-12-16-23)27(30)22-13-9-7-10-14-22;1-7-5-9(3)10(4)6-8(7)2;/h7-21,27-28,31H,30H2,1-6H3;5-6H,1-4H3;/t27-,28-;;/m0../s1. The molecule has 4 rings (SSSR count). The molecule has 0 aliphatic heterocycles. The summed E-state index contributed by atoms with van der Waals surface area (Å²) in [5.74, 6) is 0.421. The molecule has 244 valence electrons. The van der Waals surface area contributed by atoms with Gasteiger partial charge in [-0.2, -0.15) is 0 Å². The Hall–Kier alpha value is -2.63. The summed E-state index contributed by atoms with van der Waals surface area (Å²) in [6.45, 7) is 21.1. The summed E-state index contributed by atoms with van der Waals surface area (Å²) >= 11 is 0. The van der Waals surface area contributed by atoms with Crippen LogP contribution in [0.15, 0.2) is 89.8 Å². The number of hydrogen-bond donors (Lipinski definition) is 2. The van der Waals surface area contributed by atoms with E-state index in [1.165, 1.54) is 22.3 Å². The molecule has 4 nitrogen and oxygen atoms in total. The Bertz CT molecular complexity index is 1550. The van der Waals surface area contributed by atoms with Gasteiger partial charge in [-0.05, 0) is 95.5 Å². The van der Waals surface area contributed by atoms with E-state index in [1.807, 2.05) is 88.4 Å². The van der Waals surface area contributed by atoms with Crippen molar-refractivity contribution in [2.75, 3.05) is 0 Å². The van der Waals surface area contributed by atoms with Gasteiger partial charge in [0.2, 0.25) is 10.0 Å². The van der Waals surface area contributed by atoms with Crippen molar-refractivity contribution in [3.05, 3.63) is 135 Å². The van der Waals surface area contributed by atoms with Crippen LogP contribution < -0.4 is 10.5 Å². The van der Waals surface area contributed by atoms with Crippen LogP contribution in [0.2, 0.25) is 0 Å². The van der Waals surface area contributed by atoms with E-state index in [9.17, 15) is 8.42 Å². The molecule has 0 aliphatic carbocycles. The minimum atomic E-state index is -3.88. The van der Waals surface area contributed by atoms with E-state index in [0.29, 0.717) is 10.8 Å². The van der Waals surface area contributed by atoms with Crippen LogP contribution in [0.5, 0.6) is 0 Å². The molecule has 0 unspecified atom stereocenters. The van der Waals surface area contributed by atoms with Crippen molar-refractivity contribution in [3.8, 4) is 0 Å². The van der Waals surface area contributed by atoms with Crippen LogP contribution >= 0.6 is 0 Å². The summed E-state index contributed by atoms with van der Waals surface area (Å²) in [5.41, 5.74) is 16.8. The number of aryl methyl sites for hydroxylation is 4. The van der Waals surface area contributed by atoms with E-state index in [2.05, 4.69) is 70.5 Å². The second-order valence-electron chi connectivity index (χ2n) is 13.0. The number of nitrogens with one attached hydrogen (secondary N) is 1. The summed E-state index contributed by atoms with van der Waals surface area (Å²) < 4.78 is 31.2. The second-order valence-corrected chi connectivity index (χ2v) is 14.6. The van der Waals surface area contributed by atoms with Crippen LogP contribution in [-0.2, 0) is 29.5 Å². The van der Waals surface area contributed by atoms with Gasteiger partial charge in [-0.1, -0.05) is 126 Å². The van der Waals surface area contributed by atoms with Crippen molar-refractivity contribution >= 4 is 10.0 Å². The fourth-order valence-corrected chi connectivity index (χ4v) is 7.35. The number of rotatable bonds is 9. The van der Waals surface area contributed by atoms with Gasteiger partial charge < -0.3 is 5.73 Å². The average molecular weight is 714 g/mol. The van der Waals surface area contributed by atoms with Crippen molar-refractivity contribution in [2.45, 2.75) is 104 Å². The molecule has 4 aromatic rings. The molecule has 0 bridgehead atoms. The predicted octanol–water partition coefficient (Wildman–Crippen LogP) is 9.69. The molecule has 0 fully saturated rings. The van der Waals surface area contributed by atoms with Crippen LogP contribution in [0.1, 0.15) is 121 Å². The van der Waals surface area contributed by atoms with Gasteiger partial charge in [0.15, 0.2) is 0 Å². The van der Waals surface area contributed by atoms with Crippen molar-refractivity contribution in [1.29, 1.82) is 0 Å². The first-order chi connectivity index (χ1) is 20.6. The molecule has 0 aromatic heterocycles. The Balaban J connectivity index is 0.000000546. The Labute approximate surface area is 286 Å². The molecule has 3 N–H and O–H groups in total. The molecular formula is C39H52N2O2RuS. The maximum atomic E-state index is 14.1. The summed E-state index contributed by atoms with van der Waals surface area (Å²) in [5, 5.41) is 0. The van der Waals surface area contributed by atoms with Gasteiger partial charge in [0.1, 0.15) is 0 Å². The smallest absolute Gasteiger partial charge is 0.241 e. The maximum Gasteiger partial charge on any atom is 0.241 e. The Kier molecular flexibility index (Phi) is 14.4. The summed E-state index contributed by atoms with van der Waals surface area (Å²) in [6, 6.07) is 26.7. The summed E-state index contributed by atoms with van der Waals surface area (Å²) in [4.78, 5) is 0.392. The van der Waals surface area contributed by atoms with Crippen LogP contribution in [0.3, 0.4) is 0 Å². The molecule has 4 aromatic carbocycles. The van der Waals surface area contributed by atoms with Crippen LogP contribution in [0, 0.1) is 27.7 Å². The van der Waals surface area contributed by atoms with Crippen molar-refractivity contribution in [1.82, 2.24) is 4.72 Å². The van der Waals surface area contributed by atoms with Gasteiger partial charge in [-0.15, -0.1) is 0 Å². The van der Waals surface area contributed by atoms with Gasteiger partial charge in [-0.3, -0.25) is 0 Å². The number of benzene rings is 4. The largest absolute Gasteiger partial charge is 0.322 e. The van der Waals surface area contributed by atoms with E-state index in [1.54, 1.807) is 0 Å². The first kappa shape index (κ1) is 38.6. The van der Waals surface area contributed by atoms with Crippen molar-refractivity contribution in [2.24, 2.45) is 5.73 Å². The monoisotopic (exact) mass is 714 g/mol. The number of sulfonamides is 1. The van der Waals surface area contributed by atoms with Gasteiger partial charge in [0.05, 0.1) is 17.0 Å². The third kappa shape index (κ3) is 9.93. The fourth-order valence-electron chi connectivity index (χ4n) is 5.41. The summed E-state index contributed by atoms with van der Waals surface area (Å²) in [7, 11) is -3.88. The molecule has 45 heavy (non-hydrogen) atoms. The zero-order chi connectivity index (χ0) is 32.8. The molecule has 0 saturated heterocycles. The Morgan fingerprint density at radius 1 is 0.556 bits per heavy atom.